The number of halogens is 1. The van der Waals surface area contributed by atoms with E-state index in [0.29, 0.717) is 40.2 Å². The number of aryl methyl sites for hydroxylation is 1. The molecule has 10 aromatic rings. The fourth-order valence-corrected chi connectivity index (χ4v) is 14.9. The molecule has 0 radical (unpaired) electrons. The summed E-state index contributed by atoms with van der Waals surface area (Å²) in [7, 11) is 0. The number of ketones is 2. The van der Waals surface area contributed by atoms with Gasteiger partial charge in [0.15, 0.2) is 38.0 Å². The number of piperidine rings is 4. The van der Waals surface area contributed by atoms with E-state index >= 15 is 0 Å². The van der Waals surface area contributed by atoms with Gasteiger partial charge in [0.25, 0.3) is 23.6 Å². The highest BCUT2D eigenvalue weighted by Gasteiger charge is 2.27. The number of nitrogens with one attached hydrogen (secondary N) is 4. The number of carbonyl (C=O) groups excluding carboxylic acids is 6. The topological polar surface area (TPSA) is 200 Å². The number of likely N-dealkylation sites (tertiary alicyclic amines) is 4. The van der Waals surface area contributed by atoms with Gasteiger partial charge in [-0.1, -0.05) is 200 Å². The van der Waals surface area contributed by atoms with Crippen molar-refractivity contribution in [2.24, 2.45) is 0 Å². The Bertz CT molecular complexity index is 4680. The molecular formula is C98H111ClN8O10. The Morgan fingerprint density at radius 2 is 0.615 bits per heavy atom. The summed E-state index contributed by atoms with van der Waals surface area (Å²) < 4.78 is 22.4. The van der Waals surface area contributed by atoms with Gasteiger partial charge in [-0.05, 0) is 208 Å². The molecule has 4 saturated heterocycles. The van der Waals surface area contributed by atoms with Crippen LogP contribution in [-0.4, -0.2) is 158 Å². The first-order valence-electron chi connectivity index (χ1n) is 41.0. The number of hydrogen-bond donors (Lipinski definition) is 4. The summed E-state index contributed by atoms with van der Waals surface area (Å²) >= 11 is 6.12. The third kappa shape index (κ3) is 29.5. The standard InChI is InChI=1S/C27H29ClN2O2.C26H28N2O2.C23H28N2O3.C22H26N2O3/c1-20-17-21(7-12-26(20)28)18-30-15-13-24(14-16-30)29-27(31)19-32-25-10-8-23(9-11-25)22-5-3-2-4-6-22;29-26(20-30-25-13-11-23(12-14-25)22-9-5-2-6-10-22)27-24-15-17-28(18-16-24)19-21-7-3-1-4-8-21;1-17(19-6-4-3-5-7-19)25-14-12-21(13-15-25)24-23(27)16-28-22-10-8-20(9-11-22)18(2)26;1-17(25)19-7-9-21(10-8-19)27-16-22(26)23-20-11-13-24(14-12-20)15-18-5-3-2-4-6-18/h2-12,17,24H,13-16,18-19H2,1H3,(H,29,31);1-14,24H,15-20H2,(H,27,29);3-11,17,21H,12-16H2,1-2H3,(H,24,27);2-10,20H,11-16H2,1H3,(H,23,26). The zero-order valence-corrected chi connectivity index (χ0v) is 68.6. The van der Waals surface area contributed by atoms with Crippen LogP contribution in [0.4, 0.5) is 0 Å². The molecule has 0 spiro atoms. The van der Waals surface area contributed by atoms with E-state index in [4.69, 9.17) is 30.5 Å². The van der Waals surface area contributed by atoms with Crippen LogP contribution in [0.5, 0.6) is 23.0 Å². The van der Waals surface area contributed by atoms with Crippen LogP contribution >= 0.6 is 11.6 Å². The maximum Gasteiger partial charge on any atom is 0.258 e. The summed E-state index contributed by atoms with van der Waals surface area (Å²) in [5.41, 5.74) is 12.2. The zero-order chi connectivity index (χ0) is 81.9. The minimum Gasteiger partial charge on any atom is -0.484 e. The summed E-state index contributed by atoms with van der Waals surface area (Å²) in [5.74, 6) is 2.29. The Hall–Kier alpha value is -11.3. The van der Waals surface area contributed by atoms with Crippen LogP contribution in [0.25, 0.3) is 22.3 Å². The zero-order valence-electron chi connectivity index (χ0n) is 67.8. The van der Waals surface area contributed by atoms with Crippen molar-refractivity contribution in [3.05, 3.63) is 311 Å². The number of ether oxygens (including phenoxy) is 4. The number of benzene rings is 10. The molecule has 4 heterocycles. The summed E-state index contributed by atoms with van der Waals surface area (Å²) in [4.78, 5) is 81.3. The minimum atomic E-state index is -0.106. The van der Waals surface area contributed by atoms with Crippen LogP contribution in [0.3, 0.4) is 0 Å². The van der Waals surface area contributed by atoms with E-state index in [-0.39, 0.29) is 85.8 Å². The minimum absolute atomic E-state index is 0.0103. The number of hydrogen-bond acceptors (Lipinski definition) is 14. The highest BCUT2D eigenvalue weighted by molar-refractivity contribution is 6.31. The highest BCUT2D eigenvalue weighted by atomic mass is 35.5. The fourth-order valence-electron chi connectivity index (χ4n) is 14.8. The van der Waals surface area contributed by atoms with Crippen molar-refractivity contribution in [1.29, 1.82) is 0 Å². The number of carbonyl (C=O) groups is 6. The van der Waals surface area contributed by atoms with Crippen molar-refractivity contribution in [2.75, 3.05) is 78.8 Å². The average molecular weight is 1600 g/mol. The normalized spacial score (nSPS) is 15.3. The van der Waals surface area contributed by atoms with E-state index in [1.165, 1.54) is 41.7 Å². The molecule has 0 aromatic heterocycles. The molecule has 1 atom stereocenters. The van der Waals surface area contributed by atoms with Gasteiger partial charge in [-0.25, -0.2) is 0 Å². The Labute approximate surface area is 695 Å². The number of rotatable bonds is 28. The van der Waals surface area contributed by atoms with Crippen LogP contribution in [0.2, 0.25) is 5.02 Å². The second-order valence-electron chi connectivity index (χ2n) is 30.5. The average Bonchev–Trinajstić information content (AvgIpc) is 0.844. The quantitative estimate of drug-likeness (QED) is 0.0338. The van der Waals surface area contributed by atoms with Crippen LogP contribution in [0, 0.1) is 6.92 Å². The van der Waals surface area contributed by atoms with E-state index in [2.05, 4.69) is 157 Å². The SMILES string of the molecule is CC(=O)c1ccc(OCC(=O)NC2CCN(C(C)c3ccccc3)CC2)cc1.CC(=O)c1ccc(OCC(=O)NC2CCN(Cc3ccccc3)CC2)cc1.Cc1cc(CN2CCC(NC(=O)COc3ccc(-c4ccccc4)cc3)CC2)ccc1Cl.O=C(COc1ccc(-c2ccccc2)cc1)NC1CCN(Cc2ccccc2)CC1. The lowest BCUT2D eigenvalue weighted by molar-refractivity contribution is -0.124. The molecule has 18 nitrogen and oxygen atoms in total. The second-order valence-corrected chi connectivity index (χ2v) is 30.9. The Balaban J connectivity index is 0.000000153. The van der Waals surface area contributed by atoms with Crippen molar-refractivity contribution in [2.45, 2.75) is 129 Å². The van der Waals surface area contributed by atoms with Gasteiger partial charge in [-0.3, -0.25) is 48.4 Å². The van der Waals surface area contributed by atoms with Crippen LogP contribution in [-0.2, 0) is 38.8 Å². The van der Waals surface area contributed by atoms with Gasteiger partial charge in [-0.15, -0.1) is 0 Å². The molecule has 4 fully saturated rings. The lowest BCUT2D eigenvalue weighted by Gasteiger charge is -2.36. The predicted octanol–water partition coefficient (Wildman–Crippen LogP) is 16.6. The van der Waals surface area contributed by atoms with Crippen molar-refractivity contribution >= 4 is 46.8 Å². The van der Waals surface area contributed by atoms with E-state index in [1.54, 1.807) is 48.5 Å². The summed E-state index contributed by atoms with van der Waals surface area (Å²) in [5, 5.41) is 13.2. The summed E-state index contributed by atoms with van der Waals surface area (Å²) in [6, 6.07) is 88.7. The van der Waals surface area contributed by atoms with Crippen molar-refractivity contribution in [3.8, 4) is 45.3 Å². The van der Waals surface area contributed by atoms with Gasteiger partial charge in [0.2, 0.25) is 0 Å². The first kappa shape index (κ1) is 86.6. The van der Waals surface area contributed by atoms with Crippen LogP contribution in [0.1, 0.15) is 127 Å². The highest BCUT2D eigenvalue weighted by Crippen LogP contribution is 2.28. The molecule has 0 bridgehead atoms. The monoisotopic (exact) mass is 1590 g/mol. The molecule has 0 aliphatic carbocycles. The van der Waals surface area contributed by atoms with Gasteiger partial charge in [0.05, 0.1) is 0 Å². The third-order valence-corrected chi connectivity index (χ3v) is 22.1. The lowest BCUT2D eigenvalue weighted by atomic mass is 10.00. The van der Waals surface area contributed by atoms with Gasteiger partial charge in [-0.2, -0.15) is 0 Å². The van der Waals surface area contributed by atoms with Gasteiger partial charge in [0.1, 0.15) is 23.0 Å². The Morgan fingerprint density at radius 3 is 0.923 bits per heavy atom. The number of amides is 4. The molecule has 610 valence electrons. The molecule has 4 aliphatic heterocycles. The molecule has 14 rings (SSSR count). The number of nitrogens with zero attached hydrogens (tertiary/aromatic N) is 4. The first-order valence-corrected chi connectivity index (χ1v) is 41.3. The Kier molecular flexibility index (Phi) is 34.0. The van der Waals surface area contributed by atoms with E-state index < -0.39 is 0 Å². The Morgan fingerprint density at radius 1 is 0.342 bits per heavy atom. The van der Waals surface area contributed by atoms with Crippen molar-refractivity contribution in [3.63, 3.8) is 0 Å². The fraction of sp³-hybridized carbons (Fsp3) is 0.327. The van der Waals surface area contributed by atoms with Crippen LogP contribution in [0.15, 0.2) is 267 Å². The van der Waals surface area contributed by atoms with Crippen molar-refractivity contribution in [1.82, 2.24) is 40.9 Å². The smallest absolute Gasteiger partial charge is 0.258 e. The molecule has 0 saturated carbocycles. The molecule has 117 heavy (non-hydrogen) atoms. The van der Waals surface area contributed by atoms with Crippen LogP contribution < -0.4 is 40.2 Å². The van der Waals surface area contributed by atoms with Crippen molar-refractivity contribution < 1.29 is 47.7 Å². The molecular weight excluding hydrogens is 1480 g/mol. The summed E-state index contributed by atoms with van der Waals surface area (Å²) in [6.45, 7) is 18.1. The molecule has 1 unspecified atom stereocenters. The largest absolute Gasteiger partial charge is 0.484 e. The maximum absolute atomic E-state index is 12.4. The van der Waals surface area contributed by atoms with Gasteiger partial charge in [0, 0.05) is 118 Å². The maximum atomic E-state index is 12.4. The third-order valence-electron chi connectivity index (χ3n) is 21.6. The molecule has 10 aromatic carbocycles. The second kappa shape index (κ2) is 45.9. The van der Waals surface area contributed by atoms with Gasteiger partial charge >= 0.3 is 0 Å². The molecule has 4 amide bonds. The number of Topliss-reactive ketones (excluding diaryl/α,β-unsaturated/α-hetero) is 2. The molecule has 4 N–H and O–H groups in total. The van der Waals surface area contributed by atoms with Gasteiger partial charge < -0.3 is 40.2 Å². The lowest BCUT2D eigenvalue weighted by Crippen LogP contribution is -2.46. The first-order chi connectivity index (χ1) is 56.9. The van der Waals surface area contributed by atoms with E-state index in [1.807, 2.05) is 116 Å². The molecule has 19 heteroatoms. The van der Waals surface area contributed by atoms with E-state index in [9.17, 15) is 28.8 Å². The predicted molar refractivity (Wildman–Crippen MR) is 465 cm³/mol. The molecule has 4 aliphatic rings. The summed E-state index contributed by atoms with van der Waals surface area (Å²) in [6.07, 6.45) is 7.63. The van der Waals surface area contributed by atoms with E-state index in [0.717, 1.165) is 151 Å².